The smallest absolute Gasteiger partial charge is 0.197 e. The number of benzene rings is 3. The predicted octanol–water partition coefficient (Wildman–Crippen LogP) is 6.39. The van der Waals surface area contributed by atoms with Gasteiger partial charge in [0.2, 0.25) is 0 Å². The Morgan fingerprint density at radius 2 is 1.57 bits per heavy atom. The highest BCUT2D eigenvalue weighted by Gasteiger charge is 2.33. The normalized spacial score (nSPS) is 18.3. The van der Waals surface area contributed by atoms with Crippen LogP contribution in [0.4, 0.5) is 0 Å². The van der Waals surface area contributed by atoms with Crippen molar-refractivity contribution in [1.29, 1.82) is 0 Å². The molecule has 2 unspecified atom stereocenters. The fourth-order valence-electron chi connectivity index (χ4n) is 4.82. The van der Waals surface area contributed by atoms with Gasteiger partial charge in [-0.1, -0.05) is 79.7 Å². The number of hydrogen-bond donors (Lipinski definition) is 1. The predicted molar refractivity (Wildman–Crippen MR) is 118 cm³/mol. The number of nitrogens with zero attached hydrogens (tertiary/aromatic N) is 1. The summed E-state index contributed by atoms with van der Waals surface area (Å²) in [7, 11) is 0. The van der Waals surface area contributed by atoms with Crippen molar-refractivity contribution in [3.8, 4) is 5.75 Å². The summed E-state index contributed by atoms with van der Waals surface area (Å²) in [5.74, 6) is 1.70. The summed E-state index contributed by atoms with van der Waals surface area (Å²) >= 11 is 0. The standard InChI is InChI=1S/C27H25NO2/c1-18-21-13-8-14-25(29)23(21)16-15-22(18)27-28-24(17-30-27)26(19-9-4-2-5-10-19)20-11-6-3-7-12-20/h2-14,17-18,22,26,29H,15-16H2,1H3. The van der Waals surface area contributed by atoms with E-state index in [2.05, 4.69) is 61.5 Å². The van der Waals surface area contributed by atoms with Crippen molar-refractivity contribution in [3.63, 3.8) is 0 Å². The average molecular weight is 396 g/mol. The van der Waals surface area contributed by atoms with Crippen molar-refractivity contribution >= 4 is 0 Å². The van der Waals surface area contributed by atoms with Crippen LogP contribution < -0.4 is 0 Å². The second kappa shape index (κ2) is 7.83. The molecule has 0 saturated carbocycles. The van der Waals surface area contributed by atoms with Crippen LogP contribution in [0.15, 0.2) is 89.5 Å². The highest BCUT2D eigenvalue weighted by molar-refractivity contribution is 5.44. The average Bonchev–Trinajstić information content (AvgIpc) is 3.26. The fourth-order valence-corrected chi connectivity index (χ4v) is 4.82. The Kier molecular flexibility index (Phi) is 4.88. The number of phenols is 1. The lowest BCUT2D eigenvalue weighted by Crippen LogP contribution is -2.17. The Morgan fingerprint density at radius 3 is 2.23 bits per heavy atom. The van der Waals surface area contributed by atoms with Crippen molar-refractivity contribution in [2.75, 3.05) is 0 Å². The number of hydrogen-bond acceptors (Lipinski definition) is 3. The number of phenolic OH excluding ortho intramolecular Hbond substituents is 1. The van der Waals surface area contributed by atoms with Crippen molar-refractivity contribution < 1.29 is 9.52 Å². The quantitative estimate of drug-likeness (QED) is 0.435. The molecule has 0 aliphatic heterocycles. The van der Waals surface area contributed by atoms with Gasteiger partial charge < -0.3 is 9.52 Å². The first kappa shape index (κ1) is 18.7. The zero-order valence-electron chi connectivity index (χ0n) is 17.0. The highest BCUT2D eigenvalue weighted by Crippen LogP contribution is 2.44. The lowest BCUT2D eigenvalue weighted by molar-refractivity contribution is 0.377. The van der Waals surface area contributed by atoms with Crippen LogP contribution in [0, 0.1) is 0 Å². The van der Waals surface area contributed by atoms with Crippen LogP contribution in [0.3, 0.4) is 0 Å². The first-order valence-electron chi connectivity index (χ1n) is 10.6. The zero-order valence-corrected chi connectivity index (χ0v) is 17.0. The molecule has 1 aliphatic rings. The molecule has 0 fully saturated rings. The molecule has 0 radical (unpaired) electrons. The molecule has 1 aliphatic carbocycles. The number of aromatic hydroxyl groups is 1. The van der Waals surface area contributed by atoms with Crippen LogP contribution in [0.2, 0.25) is 0 Å². The number of aromatic nitrogens is 1. The summed E-state index contributed by atoms with van der Waals surface area (Å²) in [6.45, 7) is 2.21. The Morgan fingerprint density at radius 1 is 0.900 bits per heavy atom. The molecule has 4 aromatic rings. The lowest BCUT2D eigenvalue weighted by atomic mass is 9.75. The Labute approximate surface area is 177 Å². The van der Waals surface area contributed by atoms with Gasteiger partial charge in [-0.3, -0.25) is 0 Å². The molecule has 3 nitrogen and oxygen atoms in total. The van der Waals surface area contributed by atoms with Gasteiger partial charge in [0.1, 0.15) is 12.0 Å². The van der Waals surface area contributed by atoms with Gasteiger partial charge in [0, 0.05) is 5.92 Å². The topological polar surface area (TPSA) is 46.3 Å². The summed E-state index contributed by atoms with van der Waals surface area (Å²) in [5.41, 5.74) is 5.62. The monoisotopic (exact) mass is 395 g/mol. The fraction of sp³-hybridized carbons (Fsp3) is 0.222. The minimum Gasteiger partial charge on any atom is -0.508 e. The molecular formula is C27H25NO2. The maximum Gasteiger partial charge on any atom is 0.197 e. The molecule has 1 heterocycles. The van der Waals surface area contributed by atoms with Crippen LogP contribution in [0.5, 0.6) is 5.75 Å². The van der Waals surface area contributed by atoms with E-state index in [1.165, 1.54) is 16.7 Å². The summed E-state index contributed by atoms with van der Waals surface area (Å²) in [4.78, 5) is 5.00. The molecule has 0 saturated heterocycles. The maximum atomic E-state index is 10.2. The van der Waals surface area contributed by atoms with E-state index < -0.39 is 0 Å². The first-order chi connectivity index (χ1) is 14.7. The third-order valence-electron chi connectivity index (χ3n) is 6.41. The minimum atomic E-state index is 0.0418. The van der Waals surface area contributed by atoms with E-state index in [4.69, 9.17) is 9.40 Å². The van der Waals surface area contributed by atoms with E-state index >= 15 is 0 Å². The summed E-state index contributed by atoms with van der Waals surface area (Å²) in [6.07, 6.45) is 3.59. The third kappa shape index (κ3) is 3.30. The molecule has 0 bridgehead atoms. The van der Waals surface area contributed by atoms with Gasteiger partial charge in [-0.05, 0) is 47.1 Å². The molecule has 0 amide bonds. The van der Waals surface area contributed by atoms with E-state index in [1.807, 2.05) is 24.5 Å². The van der Waals surface area contributed by atoms with E-state index in [0.29, 0.717) is 5.75 Å². The van der Waals surface area contributed by atoms with E-state index in [1.54, 1.807) is 6.07 Å². The highest BCUT2D eigenvalue weighted by atomic mass is 16.3. The molecule has 1 aromatic heterocycles. The lowest BCUT2D eigenvalue weighted by Gasteiger charge is -2.29. The van der Waals surface area contributed by atoms with E-state index in [9.17, 15) is 5.11 Å². The zero-order chi connectivity index (χ0) is 20.5. The van der Waals surface area contributed by atoms with Crippen molar-refractivity contribution in [2.24, 2.45) is 0 Å². The largest absolute Gasteiger partial charge is 0.508 e. The molecular weight excluding hydrogens is 370 g/mol. The number of rotatable bonds is 4. The number of fused-ring (bicyclic) bond motifs is 1. The first-order valence-corrected chi connectivity index (χ1v) is 10.6. The van der Waals surface area contributed by atoms with Gasteiger partial charge in [-0.25, -0.2) is 4.98 Å². The van der Waals surface area contributed by atoms with Gasteiger partial charge in [0.05, 0.1) is 11.6 Å². The molecule has 1 N–H and O–H groups in total. The van der Waals surface area contributed by atoms with Gasteiger partial charge in [-0.2, -0.15) is 0 Å². The summed E-state index contributed by atoms with van der Waals surface area (Å²) in [5, 5.41) is 10.2. The van der Waals surface area contributed by atoms with Crippen molar-refractivity contribution in [2.45, 2.75) is 37.5 Å². The minimum absolute atomic E-state index is 0.0418. The molecule has 2 atom stereocenters. The van der Waals surface area contributed by atoms with Crippen molar-refractivity contribution in [1.82, 2.24) is 4.98 Å². The third-order valence-corrected chi connectivity index (χ3v) is 6.41. The summed E-state index contributed by atoms with van der Waals surface area (Å²) in [6, 6.07) is 26.8. The molecule has 3 heteroatoms. The SMILES string of the molecule is CC1c2cccc(O)c2CCC1c1nc(C(c2ccccc2)c2ccccc2)co1. The van der Waals surface area contributed by atoms with Crippen molar-refractivity contribution in [3.05, 3.63) is 119 Å². The van der Waals surface area contributed by atoms with Gasteiger partial charge in [0.25, 0.3) is 0 Å². The second-order valence-corrected chi connectivity index (χ2v) is 8.14. The van der Waals surface area contributed by atoms with E-state index in [0.717, 1.165) is 30.0 Å². The molecule has 150 valence electrons. The van der Waals surface area contributed by atoms with Crippen LogP contribution in [0.1, 0.15) is 64.9 Å². The summed E-state index contributed by atoms with van der Waals surface area (Å²) < 4.78 is 6.07. The van der Waals surface area contributed by atoms with Gasteiger partial charge in [0.15, 0.2) is 5.89 Å². The van der Waals surface area contributed by atoms with Crippen LogP contribution >= 0.6 is 0 Å². The van der Waals surface area contributed by atoms with Gasteiger partial charge in [-0.15, -0.1) is 0 Å². The second-order valence-electron chi connectivity index (χ2n) is 8.14. The van der Waals surface area contributed by atoms with Crippen LogP contribution in [-0.2, 0) is 6.42 Å². The van der Waals surface area contributed by atoms with Crippen LogP contribution in [0.25, 0.3) is 0 Å². The Balaban J connectivity index is 1.51. The molecule has 0 spiro atoms. The number of oxazole rings is 1. The van der Waals surface area contributed by atoms with Gasteiger partial charge >= 0.3 is 0 Å². The Hall–Kier alpha value is -3.33. The maximum absolute atomic E-state index is 10.2. The Bertz CT molecular complexity index is 1090. The molecule has 5 rings (SSSR count). The molecule has 3 aromatic carbocycles. The molecule has 30 heavy (non-hydrogen) atoms. The van der Waals surface area contributed by atoms with Crippen LogP contribution in [-0.4, -0.2) is 10.1 Å². The van der Waals surface area contributed by atoms with E-state index in [-0.39, 0.29) is 17.8 Å².